The molecular formula is C19H23F2N3O3. The molecular weight excluding hydrogens is 356 g/mol. The van der Waals surface area contributed by atoms with Crippen LogP contribution in [0.25, 0.3) is 0 Å². The van der Waals surface area contributed by atoms with Crippen molar-refractivity contribution in [2.45, 2.75) is 38.8 Å². The zero-order valence-corrected chi connectivity index (χ0v) is 15.3. The van der Waals surface area contributed by atoms with Gasteiger partial charge >= 0.3 is 0 Å². The number of carbonyl (C=O) groups excluding carboxylic acids is 3. The van der Waals surface area contributed by atoms with Gasteiger partial charge in [0.1, 0.15) is 6.04 Å². The topological polar surface area (TPSA) is 60.9 Å². The zero-order chi connectivity index (χ0) is 19.6. The minimum atomic E-state index is -0.978. The number of benzene rings is 1. The van der Waals surface area contributed by atoms with Crippen LogP contribution in [0.3, 0.4) is 0 Å². The van der Waals surface area contributed by atoms with Gasteiger partial charge < -0.3 is 14.7 Å². The molecule has 2 aliphatic heterocycles. The molecule has 2 heterocycles. The number of halogens is 2. The summed E-state index contributed by atoms with van der Waals surface area (Å²) in [5, 5.41) is 0. The molecule has 8 heteroatoms. The van der Waals surface area contributed by atoms with E-state index >= 15 is 0 Å². The van der Waals surface area contributed by atoms with Crippen molar-refractivity contribution in [1.29, 1.82) is 0 Å². The van der Waals surface area contributed by atoms with Crippen molar-refractivity contribution in [3.05, 3.63) is 35.4 Å². The van der Waals surface area contributed by atoms with Gasteiger partial charge in [-0.2, -0.15) is 0 Å². The Labute approximate surface area is 156 Å². The highest BCUT2D eigenvalue weighted by Crippen LogP contribution is 2.18. The Morgan fingerprint density at radius 3 is 2.44 bits per heavy atom. The van der Waals surface area contributed by atoms with E-state index in [4.69, 9.17) is 0 Å². The predicted octanol–water partition coefficient (Wildman–Crippen LogP) is 1.54. The third kappa shape index (κ3) is 4.26. The third-order valence-electron chi connectivity index (χ3n) is 5.15. The van der Waals surface area contributed by atoms with Crippen molar-refractivity contribution in [2.24, 2.45) is 0 Å². The van der Waals surface area contributed by atoms with Crippen molar-refractivity contribution in [3.8, 4) is 0 Å². The van der Waals surface area contributed by atoms with Crippen LogP contribution in [0.1, 0.15) is 31.7 Å². The Kier molecular flexibility index (Phi) is 5.72. The Hall–Kier alpha value is -2.51. The van der Waals surface area contributed by atoms with Gasteiger partial charge in [-0.25, -0.2) is 8.78 Å². The number of piperazine rings is 1. The first-order valence-electron chi connectivity index (χ1n) is 9.17. The summed E-state index contributed by atoms with van der Waals surface area (Å²) in [6.07, 6.45) is 2.08. The molecule has 2 saturated heterocycles. The predicted molar refractivity (Wildman–Crippen MR) is 93.4 cm³/mol. The first-order chi connectivity index (χ1) is 12.9. The molecule has 0 aromatic heterocycles. The Morgan fingerprint density at radius 2 is 1.78 bits per heavy atom. The minimum Gasteiger partial charge on any atom is -0.343 e. The molecule has 1 atom stereocenters. The average Bonchev–Trinajstić information content (AvgIpc) is 3.04. The molecule has 2 fully saturated rings. The molecule has 3 rings (SSSR count). The molecule has 6 nitrogen and oxygen atoms in total. The molecule has 146 valence electrons. The summed E-state index contributed by atoms with van der Waals surface area (Å²) in [7, 11) is 0. The maximum absolute atomic E-state index is 13.4. The van der Waals surface area contributed by atoms with Gasteiger partial charge in [0.2, 0.25) is 17.7 Å². The monoisotopic (exact) mass is 379 g/mol. The number of likely N-dealkylation sites (tertiary alicyclic amines) is 1. The lowest BCUT2D eigenvalue weighted by atomic mass is 10.1. The highest BCUT2D eigenvalue weighted by Gasteiger charge is 2.36. The SMILES string of the molecule is C[C@H]1C(=O)N(CCCN2CCCC2=O)CC(=O)N1Cc1ccc(F)c(F)c1. The number of amides is 3. The summed E-state index contributed by atoms with van der Waals surface area (Å²) in [4.78, 5) is 41.4. The minimum absolute atomic E-state index is 0.0409. The van der Waals surface area contributed by atoms with Crippen molar-refractivity contribution >= 4 is 17.7 Å². The summed E-state index contributed by atoms with van der Waals surface area (Å²) in [6, 6.07) is 2.78. The van der Waals surface area contributed by atoms with Gasteiger partial charge in [-0.1, -0.05) is 6.07 Å². The van der Waals surface area contributed by atoms with E-state index in [1.807, 2.05) is 0 Å². The van der Waals surface area contributed by atoms with Gasteiger partial charge in [-0.05, 0) is 37.5 Å². The fourth-order valence-corrected chi connectivity index (χ4v) is 3.59. The quantitative estimate of drug-likeness (QED) is 0.753. The Bertz CT molecular complexity index is 756. The van der Waals surface area contributed by atoms with E-state index in [0.29, 0.717) is 31.5 Å². The highest BCUT2D eigenvalue weighted by atomic mass is 19.2. The van der Waals surface area contributed by atoms with E-state index in [1.54, 1.807) is 11.8 Å². The summed E-state index contributed by atoms with van der Waals surface area (Å²) in [5.41, 5.74) is 0.433. The van der Waals surface area contributed by atoms with Crippen molar-refractivity contribution in [3.63, 3.8) is 0 Å². The van der Waals surface area contributed by atoms with Crippen LogP contribution < -0.4 is 0 Å². The summed E-state index contributed by atoms with van der Waals surface area (Å²) < 4.78 is 26.4. The molecule has 1 aromatic carbocycles. The van der Waals surface area contributed by atoms with Gasteiger partial charge in [-0.15, -0.1) is 0 Å². The molecule has 0 saturated carbocycles. The van der Waals surface area contributed by atoms with Crippen LogP contribution in [0.15, 0.2) is 18.2 Å². The average molecular weight is 379 g/mol. The van der Waals surface area contributed by atoms with Crippen LogP contribution >= 0.6 is 0 Å². The number of carbonyl (C=O) groups is 3. The maximum atomic E-state index is 13.4. The largest absolute Gasteiger partial charge is 0.343 e. The van der Waals surface area contributed by atoms with Crippen LogP contribution in [0.2, 0.25) is 0 Å². The van der Waals surface area contributed by atoms with E-state index in [9.17, 15) is 23.2 Å². The van der Waals surface area contributed by atoms with Crippen molar-refractivity contribution < 1.29 is 23.2 Å². The highest BCUT2D eigenvalue weighted by molar-refractivity contribution is 5.94. The molecule has 0 bridgehead atoms. The second-order valence-electron chi connectivity index (χ2n) is 7.04. The third-order valence-corrected chi connectivity index (χ3v) is 5.15. The Balaban J connectivity index is 1.56. The normalized spacial score (nSPS) is 20.8. The van der Waals surface area contributed by atoms with Crippen molar-refractivity contribution in [1.82, 2.24) is 14.7 Å². The summed E-state index contributed by atoms with van der Waals surface area (Å²) >= 11 is 0. The van der Waals surface area contributed by atoms with Gasteiger partial charge in [0, 0.05) is 32.6 Å². The van der Waals surface area contributed by atoms with E-state index in [-0.39, 0.29) is 30.8 Å². The van der Waals surface area contributed by atoms with Crippen molar-refractivity contribution in [2.75, 3.05) is 26.2 Å². The van der Waals surface area contributed by atoms with Crippen LogP contribution in [0, 0.1) is 11.6 Å². The second-order valence-corrected chi connectivity index (χ2v) is 7.04. The standard InChI is InChI=1S/C19H23F2N3O3/c1-13-19(27)23(9-3-8-22-7-2-4-17(22)25)12-18(26)24(13)11-14-5-6-15(20)16(21)10-14/h5-6,10,13H,2-4,7-9,11-12H2,1H3/t13-/m0/s1. The maximum Gasteiger partial charge on any atom is 0.245 e. The van der Waals surface area contributed by atoms with Crippen LogP contribution in [0.5, 0.6) is 0 Å². The number of hydrogen-bond acceptors (Lipinski definition) is 3. The van der Waals surface area contributed by atoms with Crippen LogP contribution in [-0.2, 0) is 20.9 Å². The lowest BCUT2D eigenvalue weighted by molar-refractivity contribution is -0.155. The fourth-order valence-electron chi connectivity index (χ4n) is 3.59. The Morgan fingerprint density at radius 1 is 1.04 bits per heavy atom. The lowest BCUT2D eigenvalue weighted by Crippen LogP contribution is -2.58. The first kappa shape index (κ1) is 19.3. The molecule has 3 amide bonds. The molecule has 27 heavy (non-hydrogen) atoms. The van der Waals surface area contributed by atoms with E-state index in [1.165, 1.54) is 15.9 Å². The van der Waals surface area contributed by atoms with Gasteiger partial charge in [0.15, 0.2) is 11.6 Å². The molecule has 0 spiro atoms. The number of nitrogens with zero attached hydrogens (tertiary/aromatic N) is 3. The smallest absolute Gasteiger partial charge is 0.245 e. The molecule has 0 unspecified atom stereocenters. The molecule has 0 aliphatic carbocycles. The van der Waals surface area contributed by atoms with Gasteiger partial charge in [0.05, 0.1) is 6.54 Å². The van der Waals surface area contributed by atoms with E-state index in [0.717, 1.165) is 25.1 Å². The fraction of sp³-hybridized carbons (Fsp3) is 0.526. The van der Waals surface area contributed by atoms with Crippen LogP contribution in [0.4, 0.5) is 8.78 Å². The van der Waals surface area contributed by atoms with Gasteiger partial charge in [-0.3, -0.25) is 14.4 Å². The summed E-state index contributed by atoms with van der Waals surface area (Å²) in [5.74, 6) is -2.19. The number of rotatable bonds is 6. The van der Waals surface area contributed by atoms with Crippen LogP contribution in [-0.4, -0.2) is 64.6 Å². The first-order valence-corrected chi connectivity index (χ1v) is 9.17. The lowest BCUT2D eigenvalue weighted by Gasteiger charge is -2.39. The second kappa shape index (κ2) is 8.02. The molecule has 0 radical (unpaired) electrons. The zero-order valence-electron chi connectivity index (χ0n) is 15.3. The molecule has 1 aromatic rings. The van der Waals surface area contributed by atoms with E-state index in [2.05, 4.69) is 0 Å². The summed E-state index contributed by atoms with van der Waals surface area (Å²) in [6.45, 7) is 3.40. The molecule has 0 N–H and O–H groups in total. The molecule has 2 aliphatic rings. The number of hydrogen-bond donors (Lipinski definition) is 0. The van der Waals surface area contributed by atoms with Gasteiger partial charge in [0.25, 0.3) is 0 Å². The van der Waals surface area contributed by atoms with E-state index < -0.39 is 17.7 Å².